The number of carbonyl (C=O) groups excluding carboxylic acids is 1. The smallest absolute Gasteiger partial charge is 0.346 e. The zero-order chi connectivity index (χ0) is 15.6. The monoisotopic (exact) mass is 292 g/mol. The largest absolute Gasteiger partial charge is 0.478 e. The van der Waals surface area contributed by atoms with E-state index < -0.39 is 12.1 Å². The van der Waals surface area contributed by atoms with Gasteiger partial charge in [0.2, 0.25) is 6.10 Å². The van der Waals surface area contributed by atoms with Gasteiger partial charge in [-0.1, -0.05) is 26.0 Å². The lowest BCUT2D eigenvalue weighted by molar-refractivity contribution is -0.144. The molecule has 1 aromatic rings. The minimum absolute atomic E-state index is 0.00390. The summed E-state index contributed by atoms with van der Waals surface area (Å²) in [6.45, 7) is 5.93. The second-order valence-electron chi connectivity index (χ2n) is 5.51. The fraction of sp³-hybridized carbons (Fsp3) is 0.467. The second kappa shape index (κ2) is 6.03. The second-order valence-corrected chi connectivity index (χ2v) is 5.51. The van der Waals surface area contributed by atoms with Gasteiger partial charge in [-0.25, -0.2) is 9.59 Å². The van der Waals surface area contributed by atoms with E-state index in [2.05, 4.69) is 5.32 Å². The van der Waals surface area contributed by atoms with Crippen LogP contribution in [0.3, 0.4) is 0 Å². The van der Waals surface area contributed by atoms with E-state index >= 15 is 0 Å². The van der Waals surface area contributed by atoms with Crippen LogP contribution in [-0.4, -0.2) is 35.8 Å². The van der Waals surface area contributed by atoms with Crippen molar-refractivity contribution < 1.29 is 19.4 Å². The lowest BCUT2D eigenvalue weighted by atomic mass is 10.1. The predicted molar refractivity (Wildman–Crippen MR) is 78.7 cm³/mol. The molecule has 1 aliphatic rings. The van der Waals surface area contributed by atoms with E-state index in [0.717, 1.165) is 0 Å². The molecule has 0 saturated carbocycles. The predicted octanol–water partition coefficient (Wildman–Crippen LogP) is 2.09. The Morgan fingerprint density at radius 3 is 2.62 bits per heavy atom. The fourth-order valence-electron chi connectivity index (χ4n) is 1.99. The quantitative estimate of drug-likeness (QED) is 0.894. The van der Waals surface area contributed by atoms with E-state index in [4.69, 9.17) is 9.84 Å². The van der Waals surface area contributed by atoms with Gasteiger partial charge in [-0.15, -0.1) is 0 Å². The molecule has 1 aromatic carbocycles. The number of hydrogen-bond acceptors (Lipinski definition) is 3. The lowest BCUT2D eigenvalue weighted by Gasteiger charge is -2.34. The van der Waals surface area contributed by atoms with Gasteiger partial charge in [0.1, 0.15) is 5.75 Å². The number of fused-ring (bicyclic) bond motifs is 1. The minimum atomic E-state index is -1.08. The van der Waals surface area contributed by atoms with Crippen LogP contribution in [0.4, 0.5) is 10.5 Å². The maximum absolute atomic E-state index is 12.4. The molecule has 0 radical (unpaired) electrons. The molecule has 0 aromatic heterocycles. The minimum Gasteiger partial charge on any atom is -0.478 e. The molecule has 0 spiro atoms. The Kier molecular flexibility index (Phi) is 4.35. The molecule has 0 saturated heterocycles. The van der Waals surface area contributed by atoms with E-state index in [-0.39, 0.29) is 18.6 Å². The van der Waals surface area contributed by atoms with Gasteiger partial charge in [-0.2, -0.15) is 0 Å². The molecule has 2 N–H and O–H groups in total. The first-order chi connectivity index (χ1) is 9.90. The Bertz CT molecular complexity index is 544. The van der Waals surface area contributed by atoms with E-state index in [9.17, 15) is 9.59 Å². The molecule has 2 amide bonds. The van der Waals surface area contributed by atoms with Crippen molar-refractivity contribution in [3.63, 3.8) is 0 Å². The molecule has 6 heteroatoms. The number of carbonyl (C=O) groups is 2. The topological polar surface area (TPSA) is 78.9 Å². The van der Waals surface area contributed by atoms with Crippen molar-refractivity contribution in [3.05, 3.63) is 24.3 Å². The first kappa shape index (κ1) is 15.2. The van der Waals surface area contributed by atoms with Gasteiger partial charge < -0.3 is 15.2 Å². The first-order valence-electron chi connectivity index (χ1n) is 6.96. The first-order valence-corrected chi connectivity index (χ1v) is 6.96. The molecular formula is C15H20N2O4. The van der Waals surface area contributed by atoms with Gasteiger partial charge in [-0.05, 0) is 25.0 Å². The molecule has 0 aliphatic carbocycles. The van der Waals surface area contributed by atoms with Gasteiger partial charge in [0.05, 0.1) is 12.2 Å². The number of urea groups is 1. The highest BCUT2D eigenvalue weighted by Crippen LogP contribution is 2.33. The SMILES string of the molecule is CC(C)C(C)NC(=O)N1CC(C(=O)O)Oc2ccccc21. The van der Waals surface area contributed by atoms with Crippen molar-refractivity contribution in [1.82, 2.24) is 5.32 Å². The number of carboxylic acid groups (broad SMARTS) is 1. The highest BCUT2D eigenvalue weighted by atomic mass is 16.5. The molecule has 0 fully saturated rings. The third-order valence-electron chi connectivity index (χ3n) is 3.65. The van der Waals surface area contributed by atoms with E-state index in [1.807, 2.05) is 20.8 Å². The number of aliphatic carboxylic acids is 1. The van der Waals surface area contributed by atoms with Crippen LogP contribution in [0.25, 0.3) is 0 Å². The normalized spacial score (nSPS) is 18.7. The lowest BCUT2D eigenvalue weighted by Crippen LogP contribution is -2.52. The molecule has 2 unspecified atom stereocenters. The summed E-state index contributed by atoms with van der Waals surface area (Å²) in [6.07, 6.45) is -1.06. The zero-order valence-electron chi connectivity index (χ0n) is 12.4. The molecular weight excluding hydrogens is 272 g/mol. The summed E-state index contributed by atoms with van der Waals surface area (Å²) in [5.74, 6) is -0.386. The summed E-state index contributed by atoms with van der Waals surface area (Å²) in [7, 11) is 0. The number of benzene rings is 1. The third kappa shape index (κ3) is 3.26. The Hall–Kier alpha value is -2.24. The number of para-hydroxylation sites is 2. The van der Waals surface area contributed by atoms with Crippen LogP contribution in [0.2, 0.25) is 0 Å². The highest BCUT2D eigenvalue weighted by molar-refractivity contribution is 5.95. The number of nitrogens with one attached hydrogen (secondary N) is 1. The summed E-state index contributed by atoms with van der Waals surface area (Å²) < 4.78 is 5.40. The molecule has 2 rings (SSSR count). The Morgan fingerprint density at radius 2 is 2.00 bits per heavy atom. The van der Waals surface area contributed by atoms with Gasteiger partial charge in [0, 0.05) is 6.04 Å². The number of nitrogens with zero attached hydrogens (tertiary/aromatic N) is 1. The van der Waals surface area contributed by atoms with Crippen LogP contribution in [-0.2, 0) is 4.79 Å². The van der Waals surface area contributed by atoms with Crippen LogP contribution >= 0.6 is 0 Å². The summed E-state index contributed by atoms with van der Waals surface area (Å²) in [5, 5.41) is 12.0. The number of carboxylic acids is 1. The van der Waals surface area contributed by atoms with Crippen LogP contribution in [0.15, 0.2) is 24.3 Å². The Balaban J connectivity index is 2.25. The van der Waals surface area contributed by atoms with E-state index in [1.54, 1.807) is 24.3 Å². The average Bonchev–Trinajstić information content (AvgIpc) is 2.45. The average molecular weight is 292 g/mol. The van der Waals surface area contributed by atoms with Crippen molar-refractivity contribution in [3.8, 4) is 5.75 Å². The maximum atomic E-state index is 12.4. The van der Waals surface area contributed by atoms with Crippen molar-refractivity contribution in [1.29, 1.82) is 0 Å². The van der Waals surface area contributed by atoms with E-state index in [1.165, 1.54) is 4.90 Å². The number of rotatable bonds is 3. The fourth-order valence-corrected chi connectivity index (χ4v) is 1.99. The summed E-state index contributed by atoms with van der Waals surface area (Å²) in [6, 6.07) is 6.63. The highest BCUT2D eigenvalue weighted by Gasteiger charge is 2.34. The number of anilines is 1. The van der Waals surface area contributed by atoms with Crippen LogP contribution < -0.4 is 15.0 Å². The van der Waals surface area contributed by atoms with Crippen molar-refractivity contribution in [2.45, 2.75) is 32.9 Å². The maximum Gasteiger partial charge on any atom is 0.346 e. The molecule has 0 bridgehead atoms. The van der Waals surface area contributed by atoms with Gasteiger partial charge in [0.15, 0.2) is 0 Å². The van der Waals surface area contributed by atoms with Crippen LogP contribution in [0.1, 0.15) is 20.8 Å². The van der Waals surface area contributed by atoms with Crippen LogP contribution in [0.5, 0.6) is 5.75 Å². The standard InChI is InChI=1S/C15H20N2O4/c1-9(2)10(3)16-15(20)17-8-13(14(18)19)21-12-7-5-4-6-11(12)17/h4-7,9-10,13H,8H2,1-3H3,(H,16,20)(H,18,19). The Labute approximate surface area is 123 Å². The summed E-state index contributed by atoms with van der Waals surface area (Å²) >= 11 is 0. The molecule has 6 nitrogen and oxygen atoms in total. The summed E-state index contributed by atoms with van der Waals surface area (Å²) in [5.41, 5.74) is 0.587. The molecule has 1 heterocycles. The Morgan fingerprint density at radius 1 is 1.33 bits per heavy atom. The van der Waals surface area contributed by atoms with Gasteiger partial charge in [0.25, 0.3) is 0 Å². The summed E-state index contributed by atoms with van der Waals surface area (Å²) in [4.78, 5) is 25.0. The zero-order valence-corrected chi connectivity index (χ0v) is 12.4. The van der Waals surface area contributed by atoms with Gasteiger partial charge in [-0.3, -0.25) is 4.90 Å². The van der Waals surface area contributed by atoms with E-state index in [0.29, 0.717) is 17.4 Å². The molecule has 2 atom stereocenters. The van der Waals surface area contributed by atoms with Gasteiger partial charge >= 0.3 is 12.0 Å². The van der Waals surface area contributed by atoms with Crippen molar-refractivity contribution >= 4 is 17.7 Å². The number of amides is 2. The van der Waals surface area contributed by atoms with Crippen LogP contribution in [0, 0.1) is 5.92 Å². The van der Waals surface area contributed by atoms with Crippen molar-refractivity contribution in [2.75, 3.05) is 11.4 Å². The van der Waals surface area contributed by atoms with Crippen molar-refractivity contribution in [2.24, 2.45) is 5.92 Å². The number of ether oxygens (including phenoxy) is 1. The molecule has 21 heavy (non-hydrogen) atoms. The number of hydrogen-bond donors (Lipinski definition) is 2. The third-order valence-corrected chi connectivity index (χ3v) is 3.65. The molecule has 114 valence electrons. The molecule has 1 aliphatic heterocycles.